The minimum absolute atomic E-state index is 0.151. The fourth-order valence-electron chi connectivity index (χ4n) is 5.93. The number of fused-ring (bicyclic) bond motifs is 1. The first-order valence-corrected chi connectivity index (χ1v) is 12.4. The van der Waals surface area contributed by atoms with Gasteiger partial charge < -0.3 is 25.4 Å². The van der Waals surface area contributed by atoms with Gasteiger partial charge in [-0.15, -0.1) is 0 Å². The first kappa shape index (κ1) is 24.7. The molecule has 8 heteroatoms. The number of nitrogens with zero attached hydrogens (tertiary/aromatic N) is 1. The van der Waals surface area contributed by atoms with Gasteiger partial charge in [0.05, 0.1) is 17.9 Å². The van der Waals surface area contributed by atoms with Gasteiger partial charge in [-0.05, 0) is 58.6 Å². The predicted molar refractivity (Wildman–Crippen MR) is 128 cm³/mol. The summed E-state index contributed by atoms with van der Waals surface area (Å²) in [6.07, 6.45) is 4.06. The molecular weight excluding hydrogens is 434 g/mol. The van der Waals surface area contributed by atoms with Gasteiger partial charge in [0.15, 0.2) is 0 Å². The second-order valence-corrected chi connectivity index (χ2v) is 10.8. The molecule has 3 heterocycles. The number of amides is 3. The Labute approximate surface area is 201 Å². The van der Waals surface area contributed by atoms with Crippen LogP contribution < -0.4 is 10.6 Å². The molecule has 0 aromatic heterocycles. The van der Waals surface area contributed by atoms with Gasteiger partial charge in [-0.1, -0.05) is 31.0 Å². The number of hydrogen-bond donors (Lipinski definition) is 3. The van der Waals surface area contributed by atoms with Gasteiger partial charge in [0.1, 0.15) is 11.6 Å². The smallest absolute Gasteiger partial charge is 0.246 e. The molecule has 3 amide bonds. The highest BCUT2D eigenvalue weighted by atomic mass is 16.5. The number of aliphatic hydroxyl groups excluding tert-OH is 1. The average Bonchev–Trinajstić information content (AvgIpc) is 3.40. The molecule has 4 rings (SSSR count). The monoisotopic (exact) mass is 471 g/mol. The van der Waals surface area contributed by atoms with Gasteiger partial charge in [-0.2, -0.15) is 0 Å². The van der Waals surface area contributed by atoms with Crippen LogP contribution in [0.5, 0.6) is 0 Å². The van der Waals surface area contributed by atoms with Crippen LogP contribution in [0.25, 0.3) is 0 Å². The zero-order valence-corrected chi connectivity index (χ0v) is 20.4. The largest absolute Gasteiger partial charge is 0.396 e. The molecule has 0 aliphatic carbocycles. The summed E-state index contributed by atoms with van der Waals surface area (Å²) in [7, 11) is 0. The van der Waals surface area contributed by atoms with Crippen LogP contribution in [-0.4, -0.2) is 64.2 Å². The van der Waals surface area contributed by atoms with E-state index in [1.54, 1.807) is 4.90 Å². The molecule has 0 radical (unpaired) electrons. The third-order valence-electron chi connectivity index (χ3n) is 7.20. The Morgan fingerprint density at radius 2 is 1.82 bits per heavy atom. The highest BCUT2D eigenvalue weighted by Crippen LogP contribution is 2.58. The Hall–Kier alpha value is -2.45. The van der Waals surface area contributed by atoms with E-state index in [1.165, 1.54) is 0 Å². The van der Waals surface area contributed by atoms with Crippen LogP contribution in [-0.2, 0) is 19.1 Å². The van der Waals surface area contributed by atoms with Gasteiger partial charge in [0.2, 0.25) is 17.7 Å². The van der Waals surface area contributed by atoms with Crippen molar-refractivity contribution < 1.29 is 24.2 Å². The molecule has 2 unspecified atom stereocenters. The number of rotatable bonds is 9. The molecule has 8 nitrogen and oxygen atoms in total. The van der Waals surface area contributed by atoms with Crippen molar-refractivity contribution in [2.75, 3.05) is 18.5 Å². The topological polar surface area (TPSA) is 108 Å². The summed E-state index contributed by atoms with van der Waals surface area (Å²) in [6, 6.07) is 8.46. The van der Waals surface area contributed by atoms with Crippen molar-refractivity contribution >= 4 is 23.4 Å². The number of carbonyl (C=O) groups excluding carboxylic acids is 3. The number of likely N-dealkylation sites (tertiary alicyclic amines) is 1. The van der Waals surface area contributed by atoms with E-state index >= 15 is 0 Å². The van der Waals surface area contributed by atoms with E-state index in [9.17, 15) is 14.4 Å². The first-order valence-electron chi connectivity index (χ1n) is 12.4. The highest BCUT2D eigenvalue weighted by Gasteiger charge is 2.74. The van der Waals surface area contributed by atoms with Crippen molar-refractivity contribution in [1.29, 1.82) is 0 Å². The molecule has 1 aromatic carbocycles. The molecule has 3 fully saturated rings. The molecule has 3 aliphatic heterocycles. The summed E-state index contributed by atoms with van der Waals surface area (Å²) in [5.41, 5.74) is -0.749. The van der Waals surface area contributed by atoms with E-state index in [1.807, 2.05) is 51.1 Å². The molecule has 3 saturated heterocycles. The fraction of sp³-hybridized carbons (Fsp3) is 0.654. The van der Waals surface area contributed by atoms with Crippen molar-refractivity contribution in [2.45, 2.75) is 82.6 Å². The lowest BCUT2D eigenvalue weighted by atomic mass is 9.70. The number of unbranched alkanes of at least 4 members (excludes halogenated alkanes) is 3. The van der Waals surface area contributed by atoms with Crippen LogP contribution in [0.1, 0.15) is 59.3 Å². The van der Waals surface area contributed by atoms with Gasteiger partial charge in [-0.3, -0.25) is 14.4 Å². The minimum Gasteiger partial charge on any atom is -0.396 e. The lowest BCUT2D eigenvalue weighted by molar-refractivity contribution is -0.142. The molecule has 2 bridgehead atoms. The summed E-state index contributed by atoms with van der Waals surface area (Å²) in [5.74, 6) is -1.89. The zero-order valence-electron chi connectivity index (χ0n) is 20.4. The van der Waals surface area contributed by atoms with Crippen LogP contribution >= 0.6 is 0 Å². The highest BCUT2D eigenvalue weighted by molar-refractivity contribution is 6.02. The molecule has 1 spiro atoms. The number of aliphatic hydroxyl groups is 1. The lowest BCUT2D eigenvalue weighted by Crippen LogP contribution is -2.58. The van der Waals surface area contributed by atoms with Crippen molar-refractivity contribution in [2.24, 2.45) is 11.8 Å². The Morgan fingerprint density at radius 3 is 2.50 bits per heavy atom. The summed E-state index contributed by atoms with van der Waals surface area (Å²) < 4.78 is 6.43. The standard InChI is InChI=1S/C26H37N3O5/c1-25(2,3)28-23(32)21-26-14-13-18(34-26)19(22(31)27-17-11-7-6-8-12-17)20(26)24(33)29(21)15-9-4-5-10-16-30/h6-8,11-12,18-21,30H,4-5,9-10,13-16H2,1-3H3,(H,27,31)(H,28,32)/t18-,19+,20+,21?,26?/m1/s1. The normalized spacial score (nSPS) is 29.9. The number of hydrogen-bond acceptors (Lipinski definition) is 5. The quantitative estimate of drug-likeness (QED) is 0.480. The molecule has 186 valence electrons. The Morgan fingerprint density at radius 1 is 1.12 bits per heavy atom. The second-order valence-electron chi connectivity index (χ2n) is 10.8. The van der Waals surface area contributed by atoms with E-state index in [-0.39, 0.29) is 30.4 Å². The summed E-state index contributed by atoms with van der Waals surface area (Å²) in [4.78, 5) is 42.3. The summed E-state index contributed by atoms with van der Waals surface area (Å²) >= 11 is 0. The summed E-state index contributed by atoms with van der Waals surface area (Å²) in [6.45, 7) is 6.33. The van der Waals surface area contributed by atoms with Crippen LogP contribution in [0, 0.1) is 11.8 Å². The first-order chi connectivity index (χ1) is 16.2. The van der Waals surface area contributed by atoms with Crippen molar-refractivity contribution in [3.05, 3.63) is 30.3 Å². The maximum atomic E-state index is 13.8. The van der Waals surface area contributed by atoms with Crippen LogP contribution in [0.15, 0.2) is 30.3 Å². The van der Waals surface area contributed by atoms with Gasteiger partial charge in [-0.25, -0.2) is 0 Å². The average molecular weight is 472 g/mol. The summed E-state index contributed by atoms with van der Waals surface area (Å²) in [5, 5.41) is 15.0. The van der Waals surface area contributed by atoms with E-state index in [0.717, 1.165) is 25.7 Å². The third-order valence-corrected chi connectivity index (χ3v) is 7.20. The zero-order chi connectivity index (χ0) is 24.5. The number of carbonyl (C=O) groups is 3. The SMILES string of the molecule is CC(C)(C)NC(=O)C1N(CCCCCCO)C(=O)[C@@H]2[C@@H](C(=O)Nc3ccccc3)[C@H]3CCC12O3. The minimum atomic E-state index is -0.971. The predicted octanol–water partition coefficient (Wildman–Crippen LogP) is 2.47. The van der Waals surface area contributed by atoms with Crippen molar-refractivity contribution in [1.82, 2.24) is 10.2 Å². The van der Waals surface area contributed by atoms with E-state index in [0.29, 0.717) is 25.1 Å². The molecule has 0 saturated carbocycles. The number of ether oxygens (including phenoxy) is 1. The second kappa shape index (κ2) is 9.66. The van der Waals surface area contributed by atoms with E-state index in [4.69, 9.17) is 9.84 Å². The maximum Gasteiger partial charge on any atom is 0.246 e. The van der Waals surface area contributed by atoms with E-state index < -0.39 is 29.0 Å². The molecule has 3 N–H and O–H groups in total. The molecule has 5 atom stereocenters. The number of anilines is 1. The maximum absolute atomic E-state index is 13.8. The Bertz CT molecular complexity index is 915. The molecular formula is C26H37N3O5. The van der Waals surface area contributed by atoms with Gasteiger partial charge in [0, 0.05) is 24.4 Å². The molecule has 1 aromatic rings. The number of benzene rings is 1. The number of nitrogens with one attached hydrogen (secondary N) is 2. The van der Waals surface area contributed by atoms with E-state index in [2.05, 4.69) is 10.6 Å². The molecule has 3 aliphatic rings. The lowest BCUT2D eigenvalue weighted by Gasteiger charge is -2.35. The Balaban J connectivity index is 1.59. The van der Waals surface area contributed by atoms with Crippen LogP contribution in [0.3, 0.4) is 0 Å². The Kier molecular flexibility index (Phi) is 7.01. The van der Waals surface area contributed by atoms with Gasteiger partial charge >= 0.3 is 0 Å². The number of para-hydroxylation sites is 1. The van der Waals surface area contributed by atoms with Crippen LogP contribution in [0.4, 0.5) is 5.69 Å². The van der Waals surface area contributed by atoms with Crippen molar-refractivity contribution in [3.63, 3.8) is 0 Å². The van der Waals surface area contributed by atoms with Crippen LogP contribution in [0.2, 0.25) is 0 Å². The van der Waals surface area contributed by atoms with Gasteiger partial charge in [0.25, 0.3) is 0 Å². The van der Waals surface area contributed by atoms with Crippen molar-refractivity contribution in [3.8, 4) is 0 Å². The third kappa shape index (κ3) is 4.58. The fourth-order valence-corrected chi connectivity index (χ4v) is 5.93. The molecule has 34 heavy (non-hydrogen) atoms.